The highest BCUT2D eigenvalue weighted by atomic mass is 16.3. The molecule has 2 rings (SSSR count). The van der Waals surface area contributed by atoms with Crippen LogP contribution in [-0.4, -0.2) is 18.7 Å². The minimum atomic E-state index is -0.684. The Morgan fingerprint density at radius 1 is 1.24 bits per heavy atom. The van der Waals surface area contributed by atoms with Crippen LogP contribution >= 0.6 is 0 Å². The number of aryl methyl sites for hydroxylation is 3. The lowest BCUT2D eigenvalue weighted by atomic mass is 9.82. The van der Waals surface area contributed by atoms with E-state index in [0.717, 1.165) is 18.4 Å². The Balaban J connectivity index is 2.49. The van der Waals surface area contributed by atoms with Crippen molar-refractivity contribution < 1.29 is 5.11 Å². The quantitative estimate of drug-likeness (QED) is 0.837. The molecule has 2 heteroatoms. The van der Waals surface area contributed by atoms with E-state index in [0.29, 0.717) is 12.5 Å². The van der Waals surface area contributed by atoms with Gasteiger partial charge in [-0.25, -0.2) is 0 Å². The lowest BCUT2D eigenvalue weighted by Crippen LogP contribution is -2.40. The van der Waals surface area contributed by atoms with Gasteiger partial charge in [-0.05, 0) is 63.3 Å². The summed E-state index contributed by atoms with van der Waals surface area (Å²) in [6, 6.07) is 4.34. The fourth-order valence-electron chi connectivity index (χ4n) is 3.13. The van der Waals surface area contributed by atoms with Crippen LogP contribution in [0.1, 0.15) is 35.1 Å². The molecule has 1 aromatic rings. The van der Waals surface area contributed by atoms with E-state index in [-0.39, 0.29) is 0 Å². The van der Waals surface area contributed by atoms with Gasteiger partial charge in [-0.1, -0.05) is 17.7 Å². The summed E-state index contributed by atoms with van der Waals surface area (Å²) in [6.07, 6.45) is 2.29. The Bertz CT molecular complexity index is 400. The van der Waals surface area contributed by atoms with Crippen molar-refractivity contribution in [1.82, 2.24) is 5.32 Å². The van der Waals surface area contributed by atoms with Gasteiger partial charge in [0.15, 0.2) is 0 Å². The van der Waals surface area contributed by atoms with E-state index in [4.69, 9.17) is 0 Å². The second kappa shape index (κ2) is 4.43. The molecule has 94 valence electrons. The van der Waals surface area contributed by atoms with Crippen LogP contribution in [0.15, 0.2) is 12.1 Å². The number of nitrogens with one attached hydrogen (secondary N) is 1. The molecule has 0 spiro atoms. The predicted octanol–water partition coefficient (Wildman–Crippen LogP) is 2.43. The maximum absolute atomic E-state index is 11.0. The van der Waals surface area contributed by atoms with Crippen molar-refractivity contribution in [1.29, 1.82) is 0 Å². The SMILES string of the molecule is CNCC(O)(c1c(C)cc(C)cc1C)C1CC1. The maximum atomic E-state index is 11.0. The van der Waals surface area contributed by atoms with Crippen molar-refractivity contribution in [3.63, 3.8) is 0 Å². The minimum Gasteiger partial charge on any atom is -0.384 e. The molecule has 0 saturated heterocycles. The molecule has 1 aliphatic rings. The average Bonchev–Trinajstić information content (AvgIpc) is 2.98. The van der Waals surface area contributed by atoms with Gasteiger partial charge in [-0.15, -0.1) is 0 Å². The average molecular weight is 233 g/mol. The summed E-state index contributed by atoms with van der Waals surface area (Å²) in [5.74, 6) is 0.426. The first-order valence-electron chi connectivity index (χ1n) is 6.44. The van der Waals surface area contributed by atoms with Gasteiger partial charge in [0, 0.05) is 6.54 Å². The molecule has 1 atom stereocenters. The number of aliphatic hydroxyl groups is 1. The predicted molar refractivity (Wildman–Crippen MR) is 71.2 cm³/mol. The minimum absolute atomic E-state index is 0.426. The molecule has 1 aromatic carbocycles. The number of rotatable bonds is 4. The van der Waals surface area contributed by atoms with Gasteiger partial charge in [0.05, 0.1) is 0 Å². The summed E-state index contributed by atoms with van der Waals surface area (Å²) in [7, 11) is 1.91. The topological polar surface area (TPSA) is 32.3 Å². The molecule has 0 radical (unpaired) electrons. The largest absolute Gasteiger partial charge is 0.384 e. The van der Waals surface area contributed by atoms with Gasteiger partial charge >= 0.3 is 0 Å². The van der Waals surface area contributed by atoms with E-state index < -0.39 is 5.60 Å². The van der Waals surface area contributed by atoms with Crippen molar-refractivity contribution >= 4 is 0 Å². The number of hydrogen-bond donors (Lipinski definition) is 2. The fraction of sp³-hybridized carbons (Fsp3) is 0.600. The molecular formula is C15H23NO. The molecule has 0 heterocycles. The zero-order valence-corrected chi connectivity index (χ0v) is 11.3. The van der Waals surface area contributed by atoms with Crippen LogP contribution in [0, 0.1) is 26.7 Å². The van der Waals surface area contributed by atoms with Crippen molar-refractivity contribution in [2.75, 3.05) is 13.6 Å². The lowest BCUT2D eigenvalue weighted by Gasteiger charge is -2.32. The first-order valence-corrected chi connectivity index (χ1v) is 6.44. The molecule has 0 amide bonds. The highest BCUT2D eigenvalue weighted by molar-refractivity contribution is 5.42. The van der Waals surface area contributed by atoms with Crippen LogP contribution < -0.4 is 5.32 Å². The van der Waals surface area contributed by atoms with Crippen molar-refractivity contribution in [3.8, 4) is 0 Å². The number of likely N-dealkylation sites (N-methyl/N-ethyl adjacent to an activating group) is 1. The van der Waals surface area contributed by atoms with Gasteiger partial charge in [-0.2, -0.15) is 0 Å². The summed E-state index contributed by atoms with van der Waals surface area (Å²) in [6.45, 7) is 6.97. The van der Waals surface area contributed by atoms with E-state index in [2.05, 4.69) is 38.2 Å². The number of benzene rings is 1. The second-order valence-corrected chi connectivity index (χ2v) is 5.50. The Labute approximate surface area is 104 Å². The van der Waals surface area contributed by atoms with Crippen molar-refractivity contribution in [3.05, 3.63) is 34.4 Å². The van der Waals surface area contributed by atoms with Gasteiger partial charge < -0.3 is 10.4 Å². The molecule has 2 nitrogen and oxygen atoms in total. The monoisotopic (exact) mass is 233 g/mol. The fourth-order valence-corrected chi connectivity index (χ4v) is 3.13. The van der Waals surface area contributed by atoms with Crippen LogP contribution in [0.3, 0.4) is 0 Å². The molecule has 2 N–H and O–H groups in total. The van der Waals surface area contributed by atoms with Crippen LogP contribution in [0.4, 0.5) is 0 Å². The van der Waals surface area contributed by atoms with Crippen LogP contribution in [0.25, 0.3) is 0 Å². The summed E-state index contributed by atoms with van der Waals surface area (Å²) in [5, 5.41) is 14.2. The Morgan fingerprint density at radius 3 is 2.18 bits per heavy atom. The van der Waals surface area contributed by atoms with Gasteiger partial charge in [0.1, 0.15) is 5.60 Å². The van der Waals surface area contributed by atoms with Gasteiger partial charge in [0.2, 0.25) is 0 Å². The lowest BCUT2D eigenvalue weighted by molar-refractivity contribution is 0.0141. The third kappa shape index (κ3) is 2.24. The van der Waals surface area contributed by atoms with Crippen molar-refractivity contribution in [2.45, 2.75) is 39.2 Å². The maximum Gasteiger partial charge on any atom is 0.105 e. The summed E-state index contributed by atoms with van der Waals surface area (Å²) >= 11 is 0. The molecule has 1 saturated carbocycles. The first-order chi connectivity index (χ1) is 7.99. The van der Waals surface area contributed by atoms with Crippen LogP contribution in [-0.2, 0) is 5.60 Å². The van der Waals surface area contributed by atoms with E-state index in [9.17, 15) is 5.11 Å². The second-order valence-electron chi connectivity index (χ2n) is 5.50. The third-order valence-electron chi connectivity index (χ3n) is 3.81. The molecule has 1 fully saturated rings. The summed E-state index contributed by atoms with van der Waals surface area (Å²) in [4.78, 5) is 0. The van der Waals surface area contributed by atoms with E-state index in [1.54, 1.807) is 0 Å². The zero-order chi connectivity index (χ0) is 12.6. The standard InChI is InChI=1S/C15H23NO/c1-10-7-11(2)14(12(3)8-10)15(17,9-16-4)13-5-6-13/h7-8,13,16-17H,5-6,9H2,1-4H3. The molecule has 0 aliphatic heterocycles. The van der Waals surface area contributed by atoms with Crippen molar-refractivity contribution in [2.24, 2.45) is 5.92 Å². The van der Waals surface area contributed by atoms with E-state index in [1.165, 1.54) is 16.7 Å². The Morgan fingerprint density at radius 2 is 1.76 bits per heavy atom. The third-order valence-corrected chi connectivity index (χ3v) is 3.81. The van der Waals surface area contributed by atoms with E-state index >= 15 is 0 Å². The first kappa shape index (κ1) is 12.6. The zero-order valence-electron chi connectivity index (χ0n) is 11.3. The smallest absolute Gasteiger partial charge is 0.105 e. The Hall–Kier alpha value is -0.860. The number of hydrogen-bond acceptors (Lipinski definition) is 2. The summed E-state index contributed by atoms with van der Waals surface area (Å²) in [5.41, 5.74) is 4.15. The van der Waals surface area contributed by atoms with Gasteiger partial charge in [-0.3, -0.25) is 0 Å². The van der Waals surface area contributed by atoms with Gasteiger partial charge in [0.25, 0.3) is 0 Å². The molecule has 0 aromatic heterocycles. The normalized spacial score (nSPS) is 19.1. The molecule has 1 aliphatic carbocycles. The molecule has 0 bridgehead atoms. The summed E-state index contributed by atoms with van der Waals surface area (Å²) < 4.78 is 0. The van der Waals surface area contributed by atoms with Crippen LogP contribution in [0.2, 0.25) is 0 Å². The molecule has 1 unspecified atom stereocenters. The Kier molecular flexibility index (Phi) is 3.28. The molecule has 17 heavy (non-hydrogen) atoms. The van der Waals surface area contributed by atoms with E-state index in [1.807, 2.05) is 7.05 Å². The highest BCUT2D eigenvalue weighted by Crippen LogP contribution is 2.47. The van der Waals surface area contributed by atoms with Crippen LogP contribution in [0.5, 0.6) is 0 Å². The highest BCUT2D eigenvalue weighted by Gasteiger charge is 2.45. The molecular weight excluding hydrogens is 210 g/mol.